The molecular weight excluding hydrogens is 457 g/mol. The SMILES string of the molecule is COc1ccc(C(NC(=O)CCCn2c(=O)oc3cc([N+](=O)[O-])ccc32)c2ccc(F)cc2)cc1. The van der Waals surface area contributed by atoms with Crippen molar-refractivity contribution in [3.63, 3.8) is 0 Å². The number of hydrogen-bond donors (Lipinski definition) is 1. The third-order valence-corrected chi connectivity index (χ3v) is 5.61. The van der Waals surface area contributed by atoms with Crippen LogP contribution in [0.4, 0.5) is 10.1 Å². The van der Waals surface area contributed by atoms with Gasteiger partial charge >= 0.3 is 5.76 Å². The van der Waals surface area contributed by atoms with Crippen LogP contribution in [-0.4, -0.2) is 22.5 Å². The Kier molecular flexibility index (Phi) is 6.91. The maximum Gasteiger partial charge on any atom is 0.419 e. The summed E-state index contributed by atoms with van der Waals surface area (Å²) in [5.41, 5.74) is 1.86. The molecule has 180 valence electrons. The van der Waals surface area contributed by atoms with E-state index in [1.165, 1.54) is 34.9 Å². The molecule has 3 aromatic carbocycles. The number of ether oxygens (including phenoxy) is 1. The number of benzene rings is 3. The number of oxazole rings is 1. The van der Waals surface area contributed by atoms with Crippen molar-refractivity contribution in [2.75, 3.05) is 7.11 Å². The number of carbonyl (C=O) groups excluding carboxylic acids is 1. The van der Waals surface area contributed by atoms with Gasteiger partial charge in [-0.25, -0.2) is 9.18 Å². The Morgan fingerprint density at radius 1 is 1.11 bits per heavy atom. The molecule has 0 spiro atoms. The maximum atomic E-state index is 13.4. The summed E-state index contributed by atoms with van der Waals surface area (Å²) in [6.45, 7) is 0.195. The van der Waals surface area contributed by atoms with E-state index < -0.39 is 16.7 Å². The fourth-order valence-corrected chi connectivity index (χ4v) is 3.82. The normalized spacial score (nSPS) is 11.8. The van der Waals surface area contributed by atoms with Gasteiger partial charge in [-0.2, -0.15) is 0 Å². The Hall–Kier alpha value is -4.47. The third-order valence-electron chi connectivity index (χ3n) is 5.61. The number of nitrogens with zero attached hydrogens (tertiary/aromatic N) is 2. The Balaban J connectivity index is 1.46. The number of non-ortho nitro benzene ring substituents is 1. The first kappa shape index (κ1) is 23.7. The van der Waals surface area contributed by atoms with Crippen LogP contribution in [0.5, 0.6) is 5.75 Å². The van der Waals surface area contributed by atoms with E-state index in [-0.39, 0.29) is 36.0 Å². The Bertz CT molecular complexity index is 1410. The van der Waals surface area contributed by atoms with E-state index in [1.807, 2.05) is 12.1 Å². The fourth-order valence-electron chi connectivity index (χ4n) is 3.82. The van der Waals surface area contributed by atoms with E-state index in [0.29, 0.717) is 23.3 Å². The van der Waals surface area contributed by atoms with Crippen LogP contribution in [0.25, 0.3) is 11.1 Å². The number of fused-ring (bicyclic) bond motifs is 1. The van der Waals surface area contributed by atoms with Crippen molar-refractivity contribution in [2.45, 2.75) is 25.4 Å². The molecule has 1 heterocycles. The second-order valence-electron chi connectivity index (χ2n) is 7.86. The van der Waals surface area contributed by atoms with E-state index in [9.17, 15) is 24.1 Å². The summed E-state index contributed by atoms with van der Waals surface area (Å²) >= 11 is 0. The number of aryl methyl sites for hydroxylation is 1. The van der Waals surface area contributed by atoms with Gasteiger partial charge in [-0.3, -0.25) is 19.5 Å². The van der Waals surface area contributed by atoms with Crippen LogP contribution in [0.1, 0.15) is 30.0 Å². The number of nitro benzene ring substituents is 1. The van der Waals surface area contributed by atoms with Crippen molar-refractivity contribution >= 4 is 22.7 Å². The molecule has 35 heavy (non-hydrogen) atoms. The van der Waals surface area contributed by atoms with Crippen molar-refractivity contribution in [2.24, 2.45) is 0 Å². The zero-order chi connectivity index (χ0) is 24.9. The van der Waals surface area contributed by atoms with Crippen LogP contribution < -0.4 is 15.8 Å². The molecule has 0 aliphatic carbocycles. The maximum absolute atomic E-state index is 13.4. The molecule has 0 saturated carbocycles. The molecule has 1 N–H and O–H groups in total. The molecule has 0 saturated heterocycles. The van der Waals surface area contributed by atoms with E-state index in [0.717, 1.165) is 5.56 Å². The summed E-state index contributed by atoms with van der Waals surface area (Å²) in [7, 11) is 1.56. The quantitative estimate of drug-likeness (QED) is 0.282. The van der Waals surface area contributed by atoms with Crippen LogP contribution in [0.3, 0.4) is 0 Å². The van der Waals surface area contributed by atoms with Gasteiger partial charge in [0.15, 0.2) is 5.58 Å². The topological polar surface area (TPSA) is 117 Å². The fraction of sp³-hybridized carbons (Fsp3) is 0.200. The first-order valence-corrected chi connectivity index (χ1v) is 10.8. The smallest absolute Gasteiger partial charge is 0.419 e. The molecule has 0 aliphatic rings. The van der Waals surface area contributed by atoms with Crippen molar-refractivity contribution in [3.8, 4) is 5.75 Å². The first-order valence-electron chi connectivity index (χ1n) is 10.8. The monoisotopic (exact) mass is 479 g/mol. The zero-order valence-corrected chi connectivity index (χ0v) is 18.8. The van der Waals surface area contributed by atoms with Crippen LogP contribution in [0, 0.1) is 15.9 Å². The molecule has 0 bridgehead atoms. The lowest BCUT2D eigenvalue weighted by molar-refractivity contribution is -0.384. The third kappa shape index (κ3) is 5.37. The summed E-state index contributed by atoms with van der Waals surface area (Å²) in [5, 5.41) is 13.9. The van der Waals surface area contributed by atoms with Crippen LogP contribution >= 0.6 is 0 Å². The lowest BCUT2D eigenvalue weighted by atomic mass is 9.98. The van der Waals surface area contributed by atoms with Gasteiger partial charge in [0, 0.05) is 19.0 Å². The van der Waals surface area contributed by atoms with Gasteiger partial charge in [0.25, 0.3) is 5.69 Å². The molecule has 1 unspecified atom stereocenters. The van der Waals surface area contributed by atoms with Crippen molar-refractivity contribution in [1.82, 2.24) is 9.88 Å². The number of hydrogen-bond acceptors (Lipinski definition) is 6. The van der Waals surface area contributed by atoms with E-state index in [2.05, 4.69) is 5.32 Å². The Morgan fingerprint density at radius 3 is 2.40 bits per heavy atom. The minimum atomic E-state index is -0.650. The van der Waals surface area contributed by atoms with E-state index >= 15 is 0 Å². The minimum absolute atomic E-state index is 0.111. The molecule has 0 aliphatic heterocycles. The lowest BCUT2D eigenvalue weighted by Gasteiger charge is -2.20. The van der Waals surface area contributed by atoms with Gasteiger partial charge in [-0.1, -0.05) is 24.3 Å². The number of halogens is 1. The van der Waals surface area contributed by atoms with Crippen LogP contribution in [0.15, 0.2) is 75.9 Å². The van der Waals surface area contributed by atoms with Gasteiger partial charge in [0.05, 0.1) is 29.7 Å². The highest BCUT2D eigenvalue weighted by atomic mass is 19.1. The van der Waals surface area contributed by atoms with Crippen molar-refractivity contribution < 1.29 is 23.3 Å². The van der Waals surface area contributed by atoms with Crippen molar-refractivity contribution in [1.29, 1.82) is 0 Å². The predicted molar refractivity (Wildman–Crippen MR) is 126 cm³/mol. The average molecular weight is 479 g/mol. The molecule has 10 heteroatoms. The van der Waals surface area contributed by atoms with Gasteiger partial charge in [0.1, 0.15) is 11.6 Å². The lowest BCUT2D eigenvalue weighted by Crippen LogP contribution is -2.29. The van der Waals surface area contributed by atoms with Crippen LogP contribution in [-0.2, 0) is 11.3 Å². The zero-order valence-electron chi connectivity index (χ0n) is 18.8. The van der Waals surface area contributed by atoms with Gasteiger partial charge < -0.3 is 14.5 Å². The van der Waals surface area contributed by atoms with Gasteiger partial charge in [-0.05, 0) is 47.9 Å². The highest BCUT2D eigenvalue weighted by Gasteiger charge is 2.18. The number of carbonyl (C=O) groups is 1. The Morgan fingerprint density at radius 2 is 1.77 bits per heavy atom. The largest absolute Gasteiger partial charge is 0.497 e. The first-order chi connectivity index (χ1) is 16.9. The summed E-state index contributed by atoms with van der Waals surface area (Å²) < 4.78 is 25.1. The second kappa shape index (κ2) is 10.2. The summed E-state index contributed by atoms with van der Waals surface area (Å²) in [5.74, 6) is -0.618. The highest BCUT2D eigenvalue weighted by molar-refractivity contribution is 5.77. The summed E-state index contributed by atoms with van der Waals surface area (Å²) in [6, 6.07) is 16.5. The van der Waals surface area contributed by atoms with E-state index in [4.69, 9.17) is 9.15 Å². The number of methoxy groups -OCH3 is 1. The molecule has 4 aromatic rings. The second-order valence-corrected chi connectivity index (χ2v) is 7.86. The molecule has 0 fully saturated rings. The molecule has 4 rings (SSSR count). The highest BCUT2D eigenvalue weighted by Crippen LogP contribution is 2.25. The molecule has 1 aromatic heterocycles. The number of amides is 1. The van der Waals surface area contributed by atoms with Crippen LogP contribution in [0.2, 0.25) is 0 Å². The number of aromatic nitrogens is 1. The predicted octanol–water partition coefficient (Wildman–Crippen LogP) is 4.34. The molecular formula is C25H22FN3O6. The van der Waals surface area contributed by atoms with Crippen molar-refractivity contribution in [3.05, 3.63) is 104 Å². The molecule has 0 radical (unpaired) electrons. The van der Waals surface area contributed by atoms with E-state index in [1.54, 1.807) is 31.4 Å². The Labute approximate surface area is 198 Å². The molecule has 1 atom stereocenters. The average Bonchev–Trinajstić information content (AvgIpc) is 3.17. The summed E-state index contributed by atoms with van der Waals surface area (Å²) in [6.07, 6.45) is 0.441. The van der Waals surface area contributed by atoms with Gasteiger partial charge in [0.2, 0.25) is 5.91 Å². The molecule has 1 amide bonds. The molecule has 9 nitrogen and oxygen atoms in total. The number of nitro groups is 1. The summed E-state index contributed by atoms with van der Waals surface area (Å²) in [4.78, 5) is 35.4. The standard InChI is InChI=1S/C25H22FN3O6/c1-34-20-11-6-17(7-12-20)24(16-4-8-18(26)9-5-16)27-23(30)3-2-14-28-21-13-10-19(29(32)33)15-22(21)35-25(28)31/h4-13,15,24H,2-3,14H2,1H3,(H,27,30). The minimum Gasteiger partial charge on any atom is -0.497 e. The number of nitrogens with one attached hydrogen (secondary N) is 1. The number of rotatable bonds is 9. The van der Waals surface area contributed by atoms with Gasteiger partial charge in [-0.15, -0.1) is 0 Å².